The average molecular weight is 529 g/mol. The normalized spacial score (nSPS) is 21.7. The molecular formula is C28H31ClF2N4O2. The van der Waals surface area contributed by atoms with Crippen LogP contribution in [0.5, 0.6) is 0 Å². The van der Waals surface area contributed by atoms with Gasteiger partial charge in [0.2, 0.25) is 5.92 Å². The first-order chi connectivity index (χ1) is 17.4. The summed E-state index contributed by atoms with van der Waals surface area (Å²) in [5, 5.41) is 10.5. The maximum Gasteiger partial charge on any atom is 0.274 e. The molecule has 1 N–H and O–H groups in total. The molecule has 37 heavy (non-hydrogen) atoms. The van der Waals surface area contributed by atoms with Crippen molar-refractivity contribution in [2.75, 3.05) is 0 Å². The van der Waals surface area contributed by atoms with Gasteiger partial charge >= 0.3 is 0 Å². The number of aromatic nitrogens is 4. The molecule has 2 saturated carbocycles. The van der Waals surface area contributed by atoms with Crippen LogP contribution in [0, 0.1) is 25.7 Å². The number of alkyl halides is 2. The van der Waals surface area contributed by atoms with E-state index in [1.807, 2.05) is 19.9 Å². The van der Waals surface area contributed by atoms with Gasteiger partial charge in [-0.25, -0.2) is 18.7 Å². The van der Waals surface area contributed by atoms with E-state index in [9.17, 15) is 18.7 Å². The first-order valence-electron chi connectivity index (χ1n) is 12.7. The van der Waals surface area contributed by atoms with Crippen molar-refractivity contribution in [1.82, 2.24) is 19.5 Å². The van der Waals surface area contributed by atoms with Crippen molar-refractivity contribution in [2.45, 2.75) is 77.2 Å². The minimum atomic E-state index is -2.54. The van der Waals surface area contributed by atoms with E-state index in [2.05, 4.69) is 15.0 Å². The second kappa shape index (κ2) is 9.24. The Bertz CT molecular complexity index is 1410. The number of pyridine rings is 2. The highest BCUT2D eigenvalue weighted by Gasteiger charge is 2.48. The van der Waals surface area contributed by atoms with Crippen LogP contribution < -0.4 is 5.56 Å². The van der Waals surface area contributed by atoms with Crippen LogP contribution in [0.2, 0.25) is 5.02 Å². The summed E-state index contributed by atoms with van der Waals surface area (Å²) in [4.78, 5) is 26.7. The molecule has 0 unspecified atom stereocenters. The van der Waals surface area contributed by atoms with Crippen LogP contribution in [0.3, 0.4) is 0 Å². The zero-order valence-electron chi connectivity index (χ0n) is 21.4. The van der Waals surface area contributed by atoms with Crippen LogP contribution in [-0.2, 0) is 5.60 Å². The van der Waals surface area contributed by atoms with Gasteiger partial charge in [-0.15, -0.1) is 0 Å². The Labute approximate surface area is 219 Å². The van der Waals surface area contributed by atoms with Gasteiger partial charge in [-0.05, 0) is 94.0 Å². The lowest BCUT2D eigenvalue weighted by Crippen LogP contribution is -2.26. The summed E-state index contributed by atoms with van der Waals surface area (Å²) in [5.74, 6) is -1.57. The summed E-state index contributed by atoms with van der Waals surface area (Å²) >= 11 is 6.67. The van der Waals surface area contributed by atoms with Gasteiger partial charge in [-0.2, -0.15) is 0 Å². The third-order valence-electron chi connectivity index (χ3n) is 7.75. The largest absolute Gasteiger partial charge is 0.382 e. The number of hydrogen-bond donors (Lipinski definition) is 1. The number of aliphatic hydroxyl groups is 1. The summed E-state index contributed by atoms with van der Waals surface area (Å²) in [6.45, 7) is 6.97. The molecule has 5 rings (SSSR count). The lowest BCUT2D eigenvalue weighted by Gasteiger charge is -2.28. The third-order valence-corrected chi connectivity index (χ3v) is 8.13. The SMILES string of the molecule is Cc1cnc(-c2ccnc(C(C)(C)O)n2)cc1-n1c(C)cc([C@H]2C[C@@H]2C2CCC(F)(F)CC2)c(Cl)c1=O. The highest BCUT2D eigenvalue weighted by atomic mass is 35.5. The molecule has 0 radical (unpaired) electrons. The smallest absolute Gasteiger partial charge is 0.274 e. The fourth-order valence-corrected chi connectivity index (χ4v) is 5.86. The Morgan fingerprint density at radius 1 is 1.14 bits per heavy atom. The summed E-state index contributed by atoms with van der Waals surface area (Å²) in [6, 6.07) is 5.46. The lowest BCUT2D eigenvalue weighted by molar-refractivity contribution is -0.0481. The van der Waals surface area contributed by atoms with E-state index in [4.69, 9.17) is 11.6 Å². The topological polar surface area (TPSA) is 80.9 Å². The predicted octanol–water partition coefficient (Wildman–Crippen LogP) is 6.12. The second-order valence-electron chi connectivity index (χ2n) is 11.1. The van der Waals surface area contributed by atoms with E-state index in [0.29, 0.717) is 35.8 Å². The molecule has 6 nitrogen and oxygen atoms in total. The molecule has 3 aromatic rings. The fraction of sp³-hybridized carbons (Fsp3) is 0.500. The minimum Gasteiger partial charge on any atom is -0.382 e. The van der Waals surface area contributed by atoms with E-state index in [-0.39, 0.29) is 41.1 Å². The highest BCUT2D eigenvalue weighted by molar-refractivity contribution is 6.31. The van der Waals surface area contributed by atoms with E-state index >= 15 is 0 Å². The molecule has 0 saturated heterocycles. The maximum absolute atomic E-state index is 13.6. The molecule has 3 heterocycles. The Kier molecular flexibility index (Phi) is 6.47. The van der Waals surface area contributed by atoms with Crippen molar-refractivity contribution in [3.8, 4) is 17.1 Å². The van der Waals surface area contributed by atoms with Crippen LogP contribution in [0.25, 0.3) is 17.1 Å². The van der Waals surface area contributed by atoms with E-state index in [1.165, 1.54) is 0 Å². The van der Waals surface area contributed by atoms with Crippen molar-refractivity contribution in [3.05, 3.63) is 68.6 Å². The third kappa shape index (κ3) is 5.06. The number of aryl methyl sites for hydroxylation is 2. The van der Waals surface area contributed by atoms with Crippen LogP contribution >= 0.6 is 11.6 Å². The van der Waals surface area contributed by atoms with Crippen LogP contribution in [0.15, 0.2) is 35.4 Å². The number of halogens is 3. The van der Waals surface area contributed by atoms with Gasteiger partial charge < -0.3 is 5.11 Å². The van der Waals surface area contributed by atoms with Crippen molar-refractivity contribution >= 4 is 11.6 Å². The van der Waals surface area contributed by atoms with Crippen molar-refractivity contribution in [1.29, 1.82) is 0 Å². The monoisotopic (exact) mass is 528 g/mol. The van der Waals surface area contributed by atoms with Crippen LogP contribution in [-0.4, -0.2) is 30.5 Å². The van der Waals surface area contributed by atoms with Gasteiger partial charge in [-0.3, -0.25) is 14.3 Å². The summed E-state index contributed by atoms with van der Waals surface area (Å²) in [6.07, 6.45) is 5.08. The van der Waals surface area contributed by atoms with Gasteiger partial charge in [0.1, 0.15) is 10.6 Å². The van der Waals surface area contributed by atoms with E-state index in [1.54, 1.807) is 42.9 Å². The van der Waals surface area contributed by atoms with Gasteiger partial charge in [0.05, 0.1) is 17.1 Å². The Balaban J connectivity index is 1.47. The lowest BCUT2D eigenvalue weighted by atomic mass is 9.82. The molecule has 2 fully saturated rings. The maximum atomic E-state index is 13.6. The molecule has 0 amide bonds. The predicted molar refractivity (Wildman–Crippen MR) is 138 cm³/mol. The molecule has 2 atom stereocenters. The molecule has 0 spiro atoms. The molecule has 0 aliphatic heterocycles. The van der Waals surface area contributed by atoms with Gasteiger partial charge in [-0.1, -0.05) is 11.6 Å². The Morgan fingerprint density at radius 2 is 1.84 bits per heavy atom. The first kappa shape index (κ1) is 25.9. The quantitative estimate of drug-likeness (QED) is 0.431. The van der Waals surface area contributed by atoms with Crippen LogP contribution in [0.4, 0.5) is 8.78 Å². The Morgan fingerprint density at radius 3 is 2.51 bits per heavy atom. The zero-order chi connectivity index (χ0) is 26.7. The van der Waals surface area contributed by atoms with Gasteiger partial charge in [0.25, 0.3) is 5.56 Å². The molecule has 0 bridgehead atoms. The summed E-state index contributed by atoms with van der Waals surface area (Å²) in [5.41, 5.74) is 2.55. The molecule has 9 heteroatoms. The molecule has 196 valence electrons. The molecule has 2 aliphatic carbocycles. The molecule has 3 aromatic heterocycles. The first-order valence-corrected chi connectivity index (χ1v) is 13.1. The summed E-state index contributed by atoms with van der Waals surface area (Å²) in [7, 11) is 0. The average Bonchev–Trinajstić information content (AvgIpc) is 3.63. The molecular weight excluding hydrogens is 498 g/mol. The standard InChI is InChI=1S/C28H31ClF2N4O2/c1-15-14-33-22(21-7-10-32-26(34-21)27(3,4)37)13-23(15)35-16(2)11-20(24(29)25(35)36)19-12-18(19)17-5-8-28(30,31)9-6-17/h7,10-11,13-14,17-19,37H,5-6,8-9,12H2,1-4H3/t18-,19+/m1/s1. The van der Waals surface area contributed by atoms with Crippen molar-refractivity contribution in [2.24, 2.45) is 11.8 Å². The van der Waals surface area contributed by atoms with Crippen molar-refractivity contribution in [3.63, 3.8) is 0 Å². The van der Waals surface area contributed by atoms with Crippen molar-refractivity contribution < 1.29 is 13.9 Å². The number of hydrogen-bond acceptors (Lipinski definition) is 5. The minimum absolute atomic E-state index is 0.0531. The zero-order valence-corrected chi connectivity index (χ0v) is 22.2. The van der Waals surface area contributed by atoms with Gasteiger partial charge in [0, 0.05) is 30.9 Å². The molecule has 0 aromatic carbocycles. The van der Waals surface area contributed by atoms with Gasteiger partial charge in [0.15, 0.2) is 5.82 Å². The Hall–Kier alpha value is -2.71. The summed E-state index contributed by atoms with van der Waals surface area (Å²) < 4.78 is 28.8. The second-order valence-corrected chi connectivity index (χ2v) is 11.5. The fourth-order valence-electron chi connectivity index (χ4n) is 5.58. The van der Waals surface area contributed by atoms with Crippen LogP contribution in [0.1, 0.15) is 74.5 Å². The number of nitrogens with zero attached hydrogens (tertiary/aromatic N) is 4. The van der Waals surface area contributed by atoms with E-state index < -0.39 is 11.5 Å². The highest BCUT2D eigenvalue weighted by Crippen LogP contribution is 2.57. The van der Waals surface area contributed by atoms with E-state index in [0.717, 1.165) is 23.2 Å². The molecule has 2 aliphatic rings. The number of rotatable bonds is 5.